The minimum Gasteiger partial charge on any atom is -0.401 e. The van der Waals surface area contributed by atoms with E-state index in [-0.39, 0.29) is 22.4 Å². The zero-order chi connectivity index (χ0) is 22.0. The highest BCUT2D eigenvalue weighted by Crippen LogP contribution is 2.22. The number of hydrogen-bond donors (Lipinski definition) is 1. The van der Waals surface area contributed by atoms with Gasteiger partial charge in [0.25, 0.3) is 21.8 Å². The Hall–Kier alpha value is -3.99. The molecule has 1 amide bonds. The van der Waals surface area contributed by atoms with Gasteiger partial charge in [-0.2, -0.15) is 5.10 Å². The van der Waals surface area contributed by atoms with E-state index >= 15 is 0 Å². The molecule has 0 radical (unpaired) electrons. The summed E-state index contributed by atoms with van der Waals surface area (Å²) in [5, 5.41) is 14.3. The maximum Gasteiger partial charge on any atom is 0.322 e. The molecule has 0 unspecified atom stereocenters. The van der Waals surface area contributed by atoms with E-state index in [1.54, 1.807) is 54.3 Å². The number of anilines is 2. The minimum atomic E-state index is -3.77. The van der Waals surface area contributed by atoms with Crippen LogP contribution in [0, 0.1) is 0 Å². The molecule has 0 aliphatic heterocycles. The Balaban J connectivity index is 1.48. The number of amides is 1. The number of carbonyl (C=O) groups is 1. The maximum absolute atomic E-state index is 12.8. The quantitative estimate of drug-likeness (QED) is 0.491. The van der Waals surface area contributed by atoms with Crippen molar-refractivity contribution < 1.29 is 17.6 Å². The molecule has 0 aliphatic rings. The summed E-state index contributed by atoms with van der Waals surface area (Å²) in [5.74, 6) is -0.349. The van der Waals surface area contributed by atoms with Crippen molar-refractivity contribution in [2.75, 3.05) is 16.7 Å². The van der Waals surface area contributed by atoms with Crippen molar-refractivity contribution in [2.45, 2.75) is 4.90 Å². The Morgan fingerprint density at radius 2 is 1.74 bits per heavy atom. The van der Waals surface area contributed by atoms with Crippen molar-refractivity contribution in [1.82, 2.24) is 20.0 Å². The Bertz CT molecular complexity index is 1310. The lowest BCUT2D eigenvalue weighted by Crippen LogP contribution is -2.26. The molecule has 0 atom stereocenters. The van der Waals surface area contributed by atoms with E-state index in [9.17, 15) is 13.2 Å². The Labute approximate surface area is 178 Å². The standard InChI is InChI=1S/C20H18N6O4S/c1-25-13-12-17(24-25)19-22-23-20(30-19)21-18(27)14-8-10-16(11-9-14)31(28,29)26(2)15-6-4-3-5-7-15/h3-13H,1-2H3,(H,21,23,27). The van der Waals surface area contributed by atoms with Crippen LogP contribution < -0.4 is 9.62 Å². The van der Waals surface area contributed by atoms with E-state index in [2.05, 4.69) is 20.6 Å². The van der Waals surface area contributed by atoms with Crippen LogP contribution in [-0.4, -0.2) is 41.4 Å². The van der Waals surface area contributed by atoms with Gasteiger partial charge in [0.1, 0.15) is 5.69 Å². The van der Waals surface area contributed by atoms with Crippen LogP contribution in [-0.2, 0) is 17.1 Å². The number of nitrogens with one attached hydrogen (secondary N) is 1. The number of carbonyl (C=O) groups excluding carboxylic acids is 1. The SMILES string of the molecule is CN(c1ccccc1)S(=O)(=O)c1ccc(C(=O)Nc2nnc(-c3ccn(C)n3)o2)cc1. The smallest absolute Gasteiger partial charge is 0.322 e. The van der Waals surface area contributed by atoms with Gasteiger partial charge in [0.05, 0.1) is 10.6 Å². The van der Waals surface area contributed by atoms with Crippen molar-refractivity contribution in [2.24, 2.45) is 7.05 Å². The van der Waals surface area contributed by atoms with E-state index in [1.807, 2.05) is 0 Å². The number of rotatable bonds is 6. The monoisotopic (exact) mass is 438 g/mol. The fourth-order valence-electron chi connectivity index (χ4n) is 2.79. The largest absolute Gasteiger partial charge is 0.401 e. The molecule has 158 valence electrons. The lowest BCUT2D eigenvalue weighted by molar-refractivity contribution is 0.102. The number of para-hydroxylation sites is 1. The van der Waals surface area contributed by atoms with E-state index < -0.39 is 15.9 Å². The lowest BCUT2D eigenvalue weighted by Gasteiger charge is -2.19. The zero-order valence-electron chi connectivity index (χ0n) is 16.6. The van der Waals surface area contributed by atoms with Gasteiger partial charge in [0.2, 0.25) is 0 Å². The molecule has 1 N–H and O–H groups in total. The van der Waals surface area contributed by atoms with Crippen LogP contribution in [0.5, 0.6) is 0 Å². The van der Waals surface area contributed by atoms with E-state index in [0.717, 1.165) is 0 Å². The number of benzene rings is 2. The molecule has 0 aliphatic carbocycles. The lowest BCUT2D eigenvalue weighted by atomic mass is 10.2. The van der Waals surface area contributed by atoms with Crippen LogP contribution in [0.1, 0.15) is 10.4 Å². The second kappa shape index (κ2) is 8.03. The van der Waals surface area contributed by atoms with Gasteiger partial charge < -0.3 is 4.42 Å². The van der Waals surface area contributed by atoms with Gasteiger partial charge >= 0.3 is 6.01 Å². The van der Waals surface area contributed by atoms with Gasteiger partial charge in [0, 0.05) is 25.9 Å². The average molecular weight is 438 g/mol. The average Bonchev–Trinajstić information content (AvgIpc) is 3.42. The first-order valence-electron chi connectivity index (χ1n) is 9.13. The maximum atomic E-state index is 12.8. The molecule has 2 aromatic carbocycles. The molecule has 4 rings (SSSR count). The van der Waals surface area contributed by atoms with Crippen LogP contribution in [0.2, 0.25) is 0 Å². The molecule has 0 spiro atoms. The summed E-state index contributed by atoms with van der Waals surface area (Å²) in [6, 6.07) is 15.9. The number of aryl methyl sites for hydroxylation is 1. The summed E-state index contributed by atoms with van der Waals surface area (Å²) < 4.78 is 33.8. The predicted molar refractivity (Wildman–Crippen MR) is 113 cm³/mol. The Morgan fingerprint density at radius 1 is 1.03 bits per heavy atom. The molecule has 2 aromatic heterocycles. The van der Waals surface area contributed by atoms with Crippen LogP contribution in [0.25, 0.3) is 11.6 Å². The molecule has 10 nitrogen and oxygen atoms in total. The van der Waals surface area contributed by atoms with Crippen LogP contribution in [0.15, 0.2) is 76.2 Å². The zero-order valence-corrected chi connectivity index (χ0v) is 17.4. The van der Waals surface area contributed by atoms with E-state index in [0.29, 0.717) is 11.4 Å². The number of sulfonamides is 1. The highest BCUT2D eigenvalue weighted by atomic mass is 32.2. The molecular weight excluding hydrogens is 420 g/mol. The van der Waals surface area contributed by atoms with Gasteiger partial charge in [-0.3, -0.25) is 19.1 Å². The topological polar surface area (TPSA) is 123 Å². The number of hydrogen-bond acceptors (Lipinski definition) is 7. The molecule has 11 heteroatoms. The molecule has 0 saturated heterocycles. The van der Waals surface area contributed by atoms with Crippen molar-refractivity contribution in [3.05, 3.63) is 72.4 Å². The van der Waals surface area contributed by atoms with Gasteiger partial charge in [-0.1, -0.05) is 23.3 Å². The third-order valence-electron chi connectivity index (χ3n) is 4.47. The highest BCUT2D eigenvalue weighted by molar-refractivity contribution is 7.92. The Kier molecular flexibility index (Phi) is 5.26. The van der Waals surface area contributed by atoms with Crippen molar-refractivity contribution in [3.63, 3.8) is 0 Å². The fraction of sp³-hybridized carbons (Fsp3) is 0.100. The first-order chi connectivity index (χ1) is 14.8. The molecule has 4 aromatic rings. The summed E-state index contributed by atoms with van der Waals surface area (Å²) in [6.07, 6.45) is 1.72. The minimum absolute atomic E-state index is 0.0608. The van der Waals surface area contributed by atoms with E-state index in [4.69, 9.17) is 4.42 Å². The van der Waals surface area contributed by atoms with Crippen LogP contribution in [0.3, 0.4) is 0 Å². The molecule has 0 saturated carbocycles. The first-order valence-corrected chi connectivity index (χ1v) is 10.6. The van der Waals surface area contributed by atoms with Crippen LogP contribution >= 0.6 is 0 Å². The second-order valence-electron chi connectivity index (χ2n) is 6.57. The van der Waals surface area contributed by atoms with Crippen molar-refractivity contribution in [3.8, 4) is 11.6 Å². The first kappa shape index (κ1) is 20.3. The van der Waals surface area contributed by atoms with Gasteiger partial charge in [-0.25, -0.2) is 8.42 Å². The van der Waals surface area contributed by atoms with Crippen molar-refractivity contribution in [1.29, 1.82) is 0 Å². The summed E-state index contributed by atoms with van der Waals surface area (Å²) in [7, 11) is -0.541. The highest BCUT2D eigenvalue weighted by Gasteiger charge is 2.22. The molecule has 31 heavy (non-hydrogen) atoms. The van der Waals surface area contributed by atoms with Gasteiger partial charge in [-0.05, 0) is 42.5 Å². The van der Waals surface area contributed by atoms with Crippen molar-refractivity contribution >= 4 is 27.6 Å². The normalized spacial score (nSPS) is 11.3. The second-order valence-corrected chi connectivity index (χ2v) is 8.54. The summed E-state index contributed by atoms with van der Waals surface area (Å²) in [5.41, 5.74) is 1.25. The third kappa shape index (κ3) is 4.16. The molecule has 2 heterocycles. The van der Waals surface area contributed by atoms with Gasteiger partial charge in [0.15, 0.2) is 0 Å². The molecular formula is C20H18N6O4S. The predicted octanol–water partition coefficient (Wildman–Crippen LogP) is 2.55. The fourth-order valence-corrected chi connectivity index (χ4v) is 3.98. The molecule has 0 bridgehead atoms. The number of nitrogens with zero attached hydrogens (tertiary/aromatic N) is 5. The number of aromatic nitrogens is 4. The summed E-state index contributed by atoms with van der Waals surface area (Å²) in [4.78, 5) is 12.5. The van der Waals surface area contributed by atoms with E-state index in [1.165, 1.54) is 35.6 Å². The molecule has 0 fully saturated rings. The summed E-state index contributed by atoms with van der Waals surface area (Å²) >= 11 is 0. The Morgan fingerprint density at radius 3 is 2.39 bits per heavy atom. The third-order valence-corrected chi connectivity index (χ3v) is 6.27. The van der Waals surface area contributed by atoms with Crippen LogP contribution in [0.4, 0.5) is 11.7 Å². The van der Waals surface area contributed by atoms with Gasteiger partial charge in [-0.15, -0.1) is 5.10 Å². The summed E-state index contributed by atoms with van der Waals surface area (Å²) in [6.45, 7) is 0.